The van der Waals surface area contributed by atoms with E-state index in [-0.39, 0.29) is 47.2 Å². The van der Waals surface area contributed by atoms with Crippen LogP contribution in [-0.2, 0) is 11.3 Å². The normalized spacial score (nSPS) is 15.4. The van der Waals surface area contributed by atoms with Crippen molar-refractivity contribution >= 4 is 11.8 Å². The third-order valence-corrected chi connectivity index (χ3v) is 5.50. The van der Waals surface area contributed by atoms with E-state index in [9.17, 15) is 28.7 Å². The number of pyridine rings is 1. The van der Waals surface area contributed by atoms with Crippen LogP contribution < -0.4 is 10.6 Å². The maximum Gasteiger partial charge on any atom is 0.298 e. The number of aromatic nitrogens is 7. The molecule has 1 unspecified atom stereocenters. The molecule has 0 aliphatic heterocycles. The quantitative estimate of drug-likeness (QED) is 0.421. The van der Waals surface area contributed by atoms with Gasteiger partial charge in [-0.3, -0.25) is 9.59 Å². The van der Waals surface area contributed by atoms with Gasteiger partial charge in [-0.25, -0.2) is 23.1 Å². The van der Waals surface area contributed by atoms with E-state index in [1.807, 2.05) is 0 Å². The molecule has 0 radical (unpaired) electrons. The number of tetrazole rings is 1. The van der Waals surface area contributed by atoms with Crippen LogP contribution in [0.5, 0.6) is 5.75 Å². The Labute approximate surface area is 208 Å². The molecule has 3 aromatic rings. The second-order valence-corrected chi connectivity index (χ2v) is 7.95. The Morgan fingerprint density at radius 2 is 2.14 bits per heavy atom. The average Bonchev–Trinajstić information content (AvgIpc) is 3.52. The molecular weight excluding hydrogens is 490 g/mol. The summed E-state index contributed by atoms with van der Waals surface area (Å²) in [5, 5.41) is 39.2. The van der Waals surface area contributed by atoms with Crippen molar-refractivity contribution < 1.29 is 23.5 Å². The summed E-state index contributed by atoms with van der Waals surface area (Å²) in [6.07, 6.45) is 0.160. The maximum absolute atomic E-state index is 13.5. The van der Waals surface area contributed by atoms with E-state index in [1.165, 1.54) is 31.4 Å². The van der Waals surface area contributed by atoms with Crippen LogP contribution in [0.3, 0.4) is 0 Å². The van der Waals surface area contributed by atoms with Gasteiger partial charge in [0.05, 0.1) is 29.9 Å². The summed E-state index contributed by atoms with van der Waals surface area (Å²) in [6.45, 7) is 1.35. The van der Waals surface area contributed by atoms with Crippen LogP contribution >= 0.6 is 0 Å². The lowest BCUT2D eigenvalue weighted by Gasteiger charge is -2.22. The smallest absolute Gasteiger partial charge is 0.298 e. The number of hydrogen-bond donors (Lipinski definition) is 3. The van der Waals surface area contributed by atoms with Crippen molar-refractivity contribution in [2.45, 2.75) is 26.3 Å². The number of halogens is 2. The van der Waals surface area contributed by atoms with Gasteiger partial charge in [0, 0.05) is 18.8 Å². The Bertz CT molecular complexity index is 1470. The number of carbonyl (C=O) groups excluding carboxylic acids is 2. The van der Waals surface area contributed by atoms with Gasteiger partial charge in [0.1, 0.15) is 5.69 Å². The molecule has 2 amide bonds. The maximum atomic E-state index is 13.5. The van der Waals surface area contributed by atoms with Crippen LogP contribution in [0.1, 0.15) is 41.8 Å². The first-order chi connectivity index (χ1) is 17.7. The Morgan fingerprint density at radius 1 is 1.35 bits per heavy atom. The molecule has 3 aromatic heterocycles. The highest BCUT2D eigenvalue weighted by molar-refractivity contribution is 5.99. The van der Waals surface area contributed by atoms with E-state index in [1.54, 1.807) is 13.0 Å². The zero-order valence-corrected chi connectivity index (χ0v) is 19.6. The first-order valence-corrected chi connectivity index (χ1v) is 10.9. The monoisotopic (exact) mass is 510 g/mol. The number of aromatic hydroxyl groups is 1. The van der Waals surface area contributed by atoms with Crippen molar-refractivity contribution in [1.82, 2.24) is 45.6 Å². The molecule has 190 valence electrons. The minimum atomic E-state index is -2.94. The molecule has 0 bridgehead atoms. The lowest BCUT2D eigenvalue weighted by atomic mass is 9.88. The molecule has 1 aliphatic rings. The lowest BCUT2D eigenvalue weighted by Crippen LogP contribution is -2.33. The van der Waals surface area contributed by atoms with Gasteiger partial charge in [0.15, 0.2) is 11.6 Å². The minimum Gasteiger partial charge on any atom is -0.504 e. The molecule has 1 atom stereocenters. The first-order valence-electron chi connectivity index (χ1n) is 10.9. The summed E-state index contributed by atoms with van der Waals surface area (Å²) < 4.78 is 28.3. The molecule has 3 heterocycles. The number of hydrogen-bond acceptors (Lipinski definition) is 9. The molecule has 0 saturated carbocycles. The summed E-state index contributed by atoms with van der Waals surface area (Å²) in [6, 6.07) is 6.21. The van der Waals surface area contributed by atoms with Crippen molar-refractivity contribution in [3.63, 3.8) is 0 Å². The Balaban J connectivity index is 1.76. The zero-order chi connectivity index (χ0) is 26.7. The van der Waals surface area contributed by atoms with Gasteiger partial charge in [0.25, 0.3) is 12.3 Å². The summed E-state index contributed by atoms with van der Waals surface area (Å²) in [7, 11) is 1.43. The number of alkyl halides is 2. The average molecular weight is 510 g/mol. The van der Waals surface area contributed by atoms with Gasteiger partial charge >= 0.3 is 0 Å². The van der Waals surface area contributed by atoms with E-state index < -0.39 is 30.0 Å². The van der Waals surface area contributed by atoms with E-state index in [4.69, 9.17) is 0 Å². The van der Waals surface area contributed by atoms with E-state index >= 15 is 0 Å². The van der Waals surface area contributed by atoms with Crippen molar-refractivity contribution in [2.75, 3.05) is 7.05 Å². The predicted molar refractivity (Wildman–Crippen MR) is 121 cm³/mol. The third kappa shape index (κ3) is 5.03. The van der Waals surface area contributed by atoms with Crippen LogP contribution in [0.25, 0.3) is 5.82 Å². The second kappa shape index (κ2) is 10.3. The molecule has 37 heavy (non-hydrogen) atoms. The molecule has 0 fully saturated rings. The third-order valence-electron chi connectivity index (χ3n) is 5.50. The van der Waals surface area contributed by atoms with Crippen LogP contribution in [0.2, 0.25) is 0 Å². The highest BCUT2D eigenvalue weighted by Crippen LogP contribution is 2.28. The second-order valence-electron chi connectivity index (χ2n) is 7.95. The zero-order valence-electron chi connectivity index (χ0n) is 19.6. The number of amides is 2. The molecule has 15 heteroatoms. The fourth-order valence-corrected chi connectivity index (χ4v) is 3.81. The summed E-state index contributed by atoms with van der Waals surface area (Å²) in [5.74, 6) is -2.80. The molecule has 4 rings (SSSR count). The Hall–Kier alpha value is -5.00. The fourth-order valence-electron chi connectivity index (χ4n) is 3.81. The van der Waals surface area contributed by atoms with Gasteiger partial charge in [-0.05, 0) is 47.5 Å². The predicted octanol–water partition coefficient (Wildman–Crippen LogP) is 1.16. The van der Waals surface area contributed by atoms with E-state index in [2.05, 4.69) is 42.3 Å². The van der Waals surface area contributed by atoms with Crippen molar-refractivity contribution in [3.05, 3.63) is 64.5 Å². The first kappa shape index (κ1) is 25.1. The minimum absolute atomic E-state index is 0.0877. The van der Waals surface area contributed by atoms with Gasteiger partial charge in [-0.1, -0.05) is 6.08 Å². The molecular formula is C22H20F2N10O3. The Morgan fingerprint density at radius 3 is 2.81 bits per heavy atom. The van der Waals surface area contributed by atoms with E-state index in [0.29, 0.717) is 5.57 Å². The van der Waals surface area contributed by atoms with E-state index in [0.717, 1.165) is 9.36 Å². The molecule has 0 saturated heterocycles. The van der Waals surface area contributed by atoms with Gasteiger partial charge in [0.2, 0.25) is 11.7 Å². The van der Waals surface area contributed by atoms with Crippen molar-refractivity contribution in [1.29, 1.82) is 5.26 Å². The van der Waals surface area contributed by atoms with Crippen LogP contribution in [-0.4, -0.2) is 58.9 Å². The largest absolute Gasteiger partial charge is 0.504 e. The SMILES string of the molecule is CNC(=O)C1=C(NC(=O)c2cc(Cn3nnnc3C(F)F)nn2-c2ncccc2O)C(C)=CC(C#N)C1. The number of rotatable bonds is 7. The van der Waals surface area contributed by atoms with Crippen molar-refractivity contribution in [3.8, 4) is 17.6 Å². The number of nitriles is 1. The number of allylic oxidation sites excluding steroid dienone is 2. The molecule has 3 N–H and O–H groups in total. The molecule has 0 spiro atoms. The van der Waals surface area contributed by atoms with Gasteiger partial charge in [-0.2, -0.15) is 10.4 Å². The number of nitrogens with one attached hydrogen (secondary N) is 2. The number of nitrogens with zero attached hydrogens (tertiary/aromatic N) is 8. The van der Waals surface area contributed by atoms with Crippen molar-refractivity contribution in [2.24, 2.45) is 5.92 Å². The topological polar surface area (TPSA) is 177 Å². The number of likely N-dealkylation sites (N-methyl/N-ethyl adjacent to an activating group) is 1. The Kier molecular flexibility index (Phi) is 7.00. The molecule has 0 aromatic carbocycles. The summed E-state index contributed by atoms with van der Waals surface area (Å²) in [4.78, 5) is 30.0. The lowest BCUT2D eigenvalue weighted by molar-refractivity contribution is -0.117. The summed E-state index contributed by atoms with van der Waals surface area (Å²) in [5.41, 5.74) is 0.937. The van der Waals surface area contributed by atoms with Gasteiger partial charge in [-0.15, -0.1) is 5.10 Å². The fraction of sp³-hybridized carbons (Fsp3) is 0.273. The van der Waals surface area contributed by atoms with Crippen LogP contribution in [0.15, 0.2) is 47.3 Å². The molecule has 13 nitrogen and oxygen atoms in total. The molecule has 1 aliphatic carbocycles. The highest BCUT2D eigenvalue weighted by Gasteiger charge is 2.28. The highest BCUT2D eigenvalue weighted by atomic mass is 19.3. The summed E-state index contributed by atoms with van der Waals surface area (Å²) >= 11 is 0. The van der Waals surface area contributed by atoms with Gasteiger partial charge < -0.3 is 15.7 Å². The number of carbonyl (C=O) groups is 2. The van der Waals surface area contributed by atoms with Crippen LogP contribution in [0, 0.1) is 17.2 Å². The van der Waals surface area contributed by atoms with Crippen LogP contribution in [0.4, 0.5) is 8.78 Å². The standard InChI is InChI=1S/C22H20F2N10O3/c1-11-6-12(9-25)7-14(21(36)26-2)17(11)28-22(37)15-8-13(10-33-20(18(23)24)29-31-32-33)30-34(15)19-16(35)4-3-5-27-19/h3-6,8,12,18,35H,7,10H2,1-2H3,(H,26,36)(H,28,37).